The highest BCUT2D eigenvalue weighted by Crippen LogP contribution is 2.23. The van der Waals surface area contributed by atoms with Crippen LogP contribution in [0.4, 0.5) is 17.6 Å². The molecule has 16 heavy (non-hydrogen) atoms. The Labute approximate surface area is 85.3 Å². The van der Waals surface area contributed by atoms with Gasteiger partial charge in [-0.2, -0.15) is 0 Å². The zero-order chi connectivity index (χ0) is 12.0. The van der Waals surface area contributed by atoms with Gasteiger partial charge in [0.05, 0.1) is 0 Å². The van der Waals surface area contributed by atoms with E-state index in [2.05, 4.69) is 9.40 Å². The van der Waals surface area contributed by atoms with Crippen molar-refractivity contribution in [1.82, 2.24) is 4.98 Å². The Morgan fingerprint density at radius 2 is 1.56 bits per heavy atom. The molecule has 0 aliphatic heterocycles. The first kappa shape index (κ1) is 10.6. The molecule has 0 bridgehead atoms. The van der Waals surface area contributed by atoms with Crippen LogP contribution in [0.2, 0.25) is 0 Å². The number of fused-ring (bicyclic) bond motifs is 1. The molecule has 1 heterocycles. The highest BCUT2D eigenvalue weighted by molar-refractivity contribution is 5.78. The molecule has 3 nitrogen and oxygen atoms in total. The lowest BCUT2D eigenvalue weighted by atomic mass is 10.2. The molecule has 0 saturated carbocycles. The fraction of sp³-hybridized carbons (Fsp3) is 0.111. The quantitative estimate of drug-likeness (QED) is 0.397. The van der Waals surface area contributed by atoms with Gasteiger partial charge in [0.25, 0.3) is 0 Å². The highest BCUT2D eigenvalue weighted by atomic mass is 19.2. The molecule has 0 unspecified atom stereocenters. The number of nitrogens with zero attached hydrogens (tertiary/aromatic N) is 1. The Bertz CT molecular complexity index is 650. The largest absolute Gasteiger partial charge is 0.408 e. The predicted molar refractivity (Wildman–Crippen MR) is 44.8 cm³/mol. The van der Waals surface area contributed by atoms with Crippen molar-refractivity contribution in [2.45, 2.75) is 6.92 Å². The van der Waals surface area contributed by atoms with Crippen LogP contribution in [0.3, 0.4) is 0 Å². The van der Waals surface area contributed by atoms with Crippen LogP contribution in [-0.4, -0.2) is 4.98 Å². The van der Waals surface area contributed by atoms with Gasteiger partial charge in [-0.15, -0.1) is 0 Å². The van der Waals surface area contributed by atoms with Crippen molar-refractivity contribution in [2.75, 3.05) is 0 Å². The Kier molecular flexibility index (Phi) is 2.18. The lowest BCUT2D eigenvalue weighted by Gasteiger charge is -2.02. The van der Waals surface area contributed by atoms with Crippen LogP contribution in [-0.2, 0) is 0 Å². The van der Waals surface area contributed by atoms with Gasteiger partial charge in [-0.05, 0) is 0 Å². The van der Waals surface area contributed by atoms with Crippen molar-refractivity contribution < 1.29 is 22.0 Å². The van der Waals surface area contributed by atoms with Gasteiger partial charge in [-0.3, -0.25) is 0 Å². The maximum atomic E-state index is 13.2. The van der Waals surface area contributed by atoms with Crippen molar-refractivity contribution in [3.63, 3.8) is 0 Å². The van der Waals surface area contributed by atoms with E-state index in [1.807, 2.05) is 0 Å². The molecule has 0 aliphatic rings. The molecule has 1 aromatic carbocycles. The molecule has 0 amide bonds. The maximum absolute atomic E-state index is 13.2. The molecule has 0 fully saturated rings. The number of benzene rings is 1. The Morgan fingerprint density at radius 1 is 1.00 bits per heavy atom. The van der Waals surface area contributed by atoms with Crippen LogP contribution in [0.5, 0.6) is 0 Å². The second kappa shape index (κ2) is 3.29. The minimum Gasteiger partial charge on any atom is -0.408 e. The van der Waals surface area contributed by atoms with Gasteiger partial charge in [0, 0.05) is 6.92 Å². The Morgan fingerprint density at radius 3 is 2.19 bits per heavy atom. The third-order valence-electron chi connectivity index (χ3n) is 1.96. The average Bonchev–Trinajstić information content (AvgIpc) is 2.22. The van der Waals surface area contributed by atoms with Gasteiger partial charge in [-0.1, -0.05) is 0 Å². The Balaban J connectivity index is 3.15. The van der Waals surface area contributed by atoms with Gasteiger partial charge in [0.15, 0.2) is 29.2 Å². The van der Waals surface area contributed by atoms with E-state index in [0.29, 0.717) is 0 Å². The summed E-state index contributed by atoms with van der Waals surface area (Å²) in [5, 5.41) is -1.04. The fourth-order valence-electron chi connectivity index (χ4n) is 1.28. The summed E-state index contributed by atoms with van der Waals surface area (Å²) in [5.41, 5.74) is -2.19. The van der Waals surface area contributed by atoms with Crippen LogP contribution in [0.15, 0.2) is 9.21 Å². The Hall–Kier alpha value is -1.92. The summed E-state index contributed by atoms with van der Waals surface area (Å²) in [4.78, 5) is 14.4. The number of hydrogen-bond donors (Lipinski definition) is 0. The third-order valence-corrected chi connectivity index (χ3v) is 1.96. The molecule has 0 N–H and O–H groups in total. The van der Waals surface area contributed by atoms with E-state index < -0.39 is 39.8 Å². The van der Waals surface area contributed by atoms with Gasteiger partial charge < -0.3 is 4.42 Å². The molecular formula is C9H3F4NO2. The van der Waals surface area contributed by atoms with E-state index in [-0.39, 0.29) is 5.89 Å². The minimum absolute atomic E-state index is 0.276. The number of aryl methyl sites for hydroxylation is 1. The molecule has 0 aliphatic carbocycles. The van der Waals surface area contributed by atoms with Crippen LogP contribution in [0, 0.1) is 30.2 Å². The van der Waals surface area contributed by atoms with E-state index in [0.717, 1.165) is 0 Å². The van der Waals surface area contributed by atoms with Crippen LogP contribution < -0.4 is 5.63 Å². The van der Waals surface area contributed by atoms with E-state index in [4.69, 9.17) is 0 Å². The normalized spacial score (nSPS) is 11.1. The molecule has 0 atom stereocenters. The zero-order valence-corrected chi connectivity index (χ0v) is 7.78. The number of aromatic nitrogens is 1. The topological polar surface area (TPSA) is 43.1 Å². The average molecular weight is 233 g/mol. The first-order valence-corrected chi connectivity index (χ1v) is 4.07. The lowest BCUT2D eigenvalue weighted by Crippen LogP contribution is -2.10. The van der Waals surface area contributed by atoms with Crippen molar-refractivity contribution in [2.24, 2.45) is 0 Å². The summed E-state index contributed by atoms with van der Waals surface area (Å²) in [6.07, 6.45) is 0. The second-order valence-corrected chi connectivity index (χ2v) is 3.00. The molecule has 84 valence electrons. The van der Waals surface area contributed by atoms with E-state index in [9.17, 15) is 22.4 Å². The van der Waals surface area contributed by atoms with Crippen molar-refractivity contribution in [3.8, 4) is 0 Å². The standard InChI is InChI=1S/C9H3F4NO2/c1-2-14-8-3(9(15)16-2)4(10)5(11)6(12)7(8)13/h1H3. The van der Waals surface area contributed by atoms with Gasteiger partial charge in [0.1, 0.15) is 10.9 Å². The molecule has 7 heteroatoms. The van der Waals surface area contributed by atoms with E-state index >= 15 is 0 Å². The first-order chi connectivity index (χ1) is 7.43. The number of halogens is 4. The van der Waals surface area contributed by atoms with E-state index in [1.165, 1.54) is 6.92 Å². The molecule has 0 saturated heterocycles. The molecule has 2 rings (SSSR count). The molecular weight excluding hydrogens is 230 g/mol. The van der Waals surface area contributed by atoms with Crippen molar-refractivity contribution in [3.05, 3.63) is 39.6 Å². The van der Waals surface area contributed by atoms with Crippen molar-refractivity contribution >= 4 is 10.9 Å². The summed E-state index contributed by atoms with van der Waals surface area (Å²) >= 11 is 0. The minimum atomic E-state index is -2.07. The molecule has 0 radical (unpaired) electrons. The summed E-state index contributed by atoms with van der Waals surface area (Å²) in [5.74, 6) is -7.88. The van der Waals surface area contributed by atoms with Gasteiger partial charge in [-0.25, -0.2) is 27.3 Å². The van der Waals surface area contributed by atoms with Crippen molar-refractivity contribution in [1.29, 1.82) is 0 Å². The van der Waals surface area contributed by atoms with Crippen LogP contribution in [0.25, 0.3) is 10.9 Å². The first-order valence-electron chi connectivity index (χ1n) is 4.07. The molecule has 1 aromatic heterocycles. The lowest BCUT2D eigenvalue weighted by molar-refractivity contribution is 0.408. The van der Waals surface area contributed by atoms with E-state index in [1.54, 1.807) is 0 Å². The predicted octanol–water partition coefficient (Wildman–Crippen LogP) is 2.05. The fourth-order valence-corrected chi connectivity index (χ4v) is 1.28. The maximum Gasteiger partial charge on any atom is 0.350 e. The van der Waals surface area contributed by atoms with Crippen LogP contribution in [0.1, 0.15) is 5.89 Å². The highest BCUT2D eigenvalue weighted by Gasteiger charge is 2.24. The smallest absolute Gasteiger partial charge is 0.350 e. The SMILES string of the molecule is Cc1nc2c(F)c(F)c(F)c(F)c2c(=O)o1. The number of rotatable bonds is 0. The monoisotopic (exact) mass is 233 g/mol. The molecule has 0 spiro atoms. The van der Waals surface area contributed by atoms with Gasteiger partial charge in [0.2, 0.25) is 0 Å². The summed E-state index contributed by atoms with van der Waals surface area (Å²) in [6.45, 7) is 1.19. The summed E-state index contributed by atoms with van der Waals surface area (Å²) < 4.78 is 56.3. The number of hydrogen-bond acceptors (Lipinski definition) is 3. The molecule has 2 aromatic rings. The zero-order valence-electron chi connectivity index (χ0n) is 7.78. The third kappa shape index (κ3) is 1.28. The summed E-state index contributed by atoms with van der Waals surface area (Å²) in [7, 11) is 0. The van der Waals surface area contributed by atoms with Gasteiger partial charge >= 0.3 is 5.63 Å². The second-order valence-electron chi connectivity index (χ2n) is 3.00. The van der Waals surface area contributed by atoms with Crippen LogP contribution >= 0.6 is 0 Å². The summed E-state index contributed by atoms with van der Waals surface area (Å²) in [6, 6.07) is 0.